The minimum absolute atomic E-state index is 0.296. The standard InChI is InChI=1S/C24H27N3O3/c1-4-9-19-21(23(28)30-6-3)22(16-12-14-17(15-13-16)29-5-2)27-20-11-8-7-10-18(20)25-24(27)26-19/h7-8,10-15,22H,4-6,9H2,1-3H3,(H,25,26)/t22-/m1/s1. The van der Waals surface area contributed by atoms with Gasteiger partial charge in [0.15, 0.2) is 0 Å². The third-order valence-electron chi connectivity index (χ3n) is 5.22. The molecule has 1 aliphatic heterocycles. The number of aromatic nitrogens is 2. The number of ether oxygens (including phenoxy) is 2. The maximum absolute atomic E-state index is 13.1. The van der Waals surface area contributed by atoms with Crippen LogP contribution in [0, 0.1) is 0 Å². The number of esters is 1. The van der Waals surface area contributed by atoms with Gasteiger partial charge >= 0.3 is 5.97 Å². The second-order valence-electron chi connectivity index (χ2n) is 7.19. The van der Waals surface area contributed by atoms with Gasteiger partial charge in [-0.05, 0) is 50.1 Å². The molecule has 1 aromatic heterocycles. The number of para-hydroxylation sites is 2. The van der Waals surface area contributed by atoms with Crippen molar-refractivity contribution in [1.29, 1.82) is 0 Å². The minimum atomic E-state index is -0.329. The minimum Gasteiger partial charge on any atom is -0.494 e. The van der Waals surface area contributed by atoms with Crippen molar-refractivity contribution >= 4 is 23.0 Å². The van der Waals surface area contributed by atoms with Crippen LogP contribution in [0.1, 0.15) is 45.2 Å². The zero-order valence-corrected chi connectivity index (χ0v) is 17.6. The number of anilines is 1. The molecule has 3 aromatic rings. The second-order valence-corrected chi connectivity index (χ2v) is 7.19. The molecule has 6 nitrogen and oxygen atoms in total. The number of benzene rings is 2. The molecule has 0 bridgehead atoms. The maximum atomic E-state index is 13.1. The quantitative estimate of drug-likeness (QED) is 0.556. The number of fused-ring (bicyclic) bond motifs is 3. The van der Waals surface area contributed by atoms with Crippen LogP contribution in [0.4, 0.5) is 5.95 Å². The number of allylic oxidation sites excluding steroid dienone is 1. The zero-order valence-electron chi connectivity index (χ0n) is 17.6. The van der Waals surface area contributed by atoms with Crippen LogP contribution < -0.4 is 10.1 Å². The van der Waals surface area contributed by atoms with Crippen molar-refractivity contribution in [2.45, 2.75) is 39.7 Å². The van der Waals surface area contributed by atoms with Gasteiger partial charge in [-0.25, -0.2) is 9.78 Å². The first-order valence-corrected chi connectivity index (χ1v) is 10.5. The molecule has 0 fully saturated rings. The number of imidazole rings is 1. The number of nitrogens with one attached hydrogen (secondary N) is 1. The molecule has 0 aliphatic carbocycles. The lowest BCUT2D eigenvalue weighted by Crippen LogP contribution is -2.29. The van der Waals surface area contributed by atoms with Crippen LogP contribution in [-0.4, -0.2) is 28.7 Å². The fourth-order valence-electron chi connectivity index (χ4n) is 4.01. The van der Waals surface area contributed by atoms with Gasteiger partial charge in [0.2, 0.25) is 5.95 Å². The smallest absolute Gasteiger partial charge is 0.338 e. The SMILES string of the molecule is CCCC1=C(C(=O)OCC)[C@@H](c2ccc(OCC)cc2)n2c(nc3ccccc32)N1. The molecule has 1 atom stereocenters. The van der Waals surface area contributed by atoms with Gasteiger partial charge < -0.3 is 14.8 Å². The lowest BCUT2D eigenvalue weighted by atomic mass is 9.93. The van der Waals surface area contributed by atoms with E-state index >= 15 is 0 Å². The van der Waals surface area contributed by atoms with E-state index < -0.39 is 0 Å². The van der Waals surface area contributed by atoms with E-state index in [4.69, 9.17) is 14.5 Å². The Bertz CT molecular complexity index is 1080. The van der Waals surface area contributed by atoms with Crippen LogP contribution in [0.5, 0.6) is 5.75 Å². The lowest BCUT2D eigenvalue weighted by molar-refractivity contribution is -0.139. The third-order valence-corrected chi connectivity index (χ3v) is 5.22. The average Bonchev–Trinajstić information content (AvgIpc) is 3.12. The van der Waals surface area contributed by atoms with E-state index in [1.807, 2.05) is 62.4 Å². The summed E-state index contributed by atoms with van der Waals surface area (Å²) in [5.41, 5.74) is 4.35. The van der Waals surface area contributed by atoms with Gasteiger partial charge in [-0.1, -0.05) is 37.6 Å². The Morgan fingerprint density at radius 2 is 1.83 bits per heavy atom. The molecule has 6 heteroatoms. The molecule has 1 aliphatic rings. The normalized spacial score (nSPS) is 15.6. The van der Waals surface area contributed by atoms with Crippen LogP contribution in [0.25, 0.3) is 11.0 Å². The van der Waals surface area contributed by atoms with Gasteiger partial charge in [0.05, 0.1) is 35.9 Å². The summed E-state index contributed by atoms with van der Waals surface area (Å²) >= 11 is 0. The molecular weight excluding hydrogens is 378 g/mol. The van der Waals surface area contributed by atoms with Crippen LogP contribution >= 0.6 is 0 Å². The van der Waals surface area contributed by atoms with Gasteiger partial charge in [0, 0.05) is 5.70 Å². The highest BCUT2D eigenvalue weighted by molar-refractivity contribution is 5.94. The molecular formula is C24H27N3O3. The first kappa shape index (κ1) is 20.0. The van der Waals surface area contributed by atoms with Gasteiger partial charge in [-0.2, -0.15) is 0 Å². The van der Waals surface area contributed by atoms with E-state index in [0.717, 1.165) is 46.8 Å². The van der Waals surface area contributed by atoms with Crippen molar-refractivity contribution in [2.75, 3.05) is 18.5 Å². The number of nitrogens with zero attached hydrogens (tertiary/aromatic N) is 2. The van der Waals surface area contributed by atoms with E-state index in [9.17, 15) is 4.79 Å². The molecule has 1 N–H and O–H groups in total. The Hall–Kier alpha value is -3.28. The van der Waals surface area contributed by atoms with E-state index in [-0.39, 0.29) is 12.0 Å². The molecule has 0 saturated heterocycles. The second kappa shape index (κ2) is 8.61. The molecule has 0 radical (unpaired) electrons. The molecule has 30 heavy (non-hydrogen) atoms. The summed E-state index contributed by atoms with van der Waals surface area (Å²) in [5.74, 6) is 1.25. The topological polar surface area (TPSA) is 65.4 Å². The molecule has 156 valence electrons. The van der Waals surface area contributed by atoms with Crippen molar-refractivity contribution in [3.63, 3.8) is 0 Å². The maximum Gasteiger partial charge on any atom is 0.338 e. The van der Waals surface area contributed by atoms with Crippen molar-refractivity contribution < 1.29 is 14.3 Å². The van der Waals surface area contributed by atoms with Crippen molar-refractivity contribution in [3.05, 3.63) is 65.4 Å². The summed E-state index contributed by atoms with van der Waals surface area (Å²) in [5, 5.41) is 3.41. The monoisotopic (exact) mass is 405 g/mol. The first-order valence-electron chi connectivity index (χ1n) is 10.5. The van der Waals surface area contributed by atoms with Crippen molar-refractivity contribution in [3.8, 4) is 5.75 Å². The first-order chi connectivity index (χ1) is 14.7. The molecule has 0 unspecified atom stereocenters. The van der Waals surface area contributed by atoms with Gasteiger partial charge in [0.25, 0.3) is 0 Å². The highest BCUT2D eigenvalue weighted by Crippen LogP contribution is 2.40. The summed E-state index contributed by atoms with van der Waals surface area (Å²) in [6, 6.07) is 15.6. The third kappa shape index (κ3) is 3.54. The molecule has 2 heterocycles. The van der Waals surface area contributed by atoms with Crippen LogP contribution in [0.15, 0.2) is 59.8 Å². The number of rotatable bonds is 7. The summed E-state index contributed by atoms with van der Waals surface area (Å²) in [4.78, 5) is 17.9. The van der Waals surface area contributed by atoms with Crippen molar-refractivity contribution in [1.82, 2.24) is 9.55 Å². The van der Waals surface area contributed by atoms with Crippen molar-refractivity contribution in [2.24, 2.45) is 0 Å². The van der Waals surface area contributed by atoms with E-state index in [1.165, 1.54) is 0 Å². The number of hydrogen-bond acceptors (Lipinski definition) is 5. The van der Waals surface area contributed by atoms with E-state index in [2.05, 4.69) is 16.8 Å². The van der Waals surface area contributed by atoms with E-state index in [1.54, 1.807) is 0 Å². The molecule has 2 aromatic carbocycles. The fraction of sp³-hybridized carbons (Fsp3) is 0.333. The largest absolute Gasteiger partial charge is 0.494 e. The molecule has 0 saturated carbocycles. The van der Waals surface area contributed by atoms with Crippen LogP contribution in [0.2, 0.25) is 0 Å². The van der Waals surface area contributed by atoms with Crippen LogP contribution in [0.3, 0.4) is 0 Å². The summed E-state index contributed by atoms with van der Waals surface area (Å²) in [6.45, 7) is 6.83. The highest BCUT2D eigenvalue weighted by Gasteiger charge is 2.35. The Balaban J connectivity index is 1.93. The van der Waals surface area contributed by atoms with Gasteiger partial charge in [0.1, 0.15) is 5.75 Å². The molecule has 4 rings (SSSR count). The Kier molecular flexibility index (Phi) is 5.74. The summed E-state index contributed by atoms with van der Waals surface area (Å²) < 4.78 is 13.2. The number of carbonyl (C=O) groups is 1. The summed E-state index contributed by atoms with van der Waals surface area (Å²) in [6.07, 6.45) is 1.65. The summed E-state index contributed by atoms with van der Waals surface area (Å²) in [7, 11) is 0. The Morgan fingerprint density at radius 3 is 2.53 bits per heavy atom. The number of hydrogen-bond donors (Lipinski definition) is 1. The van der Waals surface area contributed by atoms with Crippen LogP contribution in [-0.2, 0) is 9.53 Å². The number of carbonyl (C=O) groups excluding carboxylic acids is 1. The molecule has 0 spiro atoms. The van der Waals surface area contributed by atoms with Gasteiger partial charge in [-0.15, -0.1) is 0 Å². The predicted molar refractivity (Wildman–Crippen MR) is 118 cm³/mol. The highest BCUT2D eigenvalue weighted by atomic mass is 16.5. The zero-order chi connectivity index (χ0) is 21.1. The Morgan fingerprint density at radius 1 is 1.07 bits per heavy atom. The molecule has 0 amide bonds. The van der Waals surface area contributed by atoms with Gasteiger partial charge in [-0.3, -0.25) is 4.57 Å². The Labute approximate surface area is 176 Å². The average molecular weight is 405 g/mol. The van der Waals surface area contributed by atoms with E-state index in [0.29, 0.717) is 18.8 Å². The lowest BCUT2D eigenvalue weighted by Gasteiger charge is -2.31. The predicted octanol–water partition coefficient (Wildman–Crippen LogP) is 5.07. The fourth-order valence-corrected chi connectivity index (χ4v) is 4.01.